The number of amides is 1. The smallest absolute Gasteiger partial charge is 0.224 e. The lowest BCUT2D eigenvalue weighted by molar-refractivity contribution is -0.116. The Kier molecular flexibility index (Phi) is 7.73. The third kappa shape index (κ3) is 5.61. The number of ether oxygens (including phenoxy) is 1. The Morgan fingerprint density at radius 2 is 2.05 bits per heavy atom. The van der Waals surface area contributed by atoms with Crippen LogP contribution in [-0.2, 0) is 11.3 Å². The normalized spacial score (nSPS) is 10.3. The van der Waals surface area contributed by atoms with E-state index in [0.717, 1.165) is 29.8 Å². The number of hydrogen-bond acceptors (Lipinski definition) is 3. The average Bonchev–Trinajstić information content (AvgIpc) is 2.45. The third-order valence-electron chi connectivity index (χ3n) is 3.12. The van der Waals surface area contributed by atoms with Gasteiger partial charge in [0.25, 0.3) is 0 Å². The fourth-order valence-electron chi connectivity index (χ4n) is 2.05. The van der Waals surface area contributed by atoms with Gasteiger partial charge in [0.2, 0.25) is 5.91 Å². The van der Waals surface area contributed by atoms with Crippen molar-refractivity contribution in [2.45, 2.75) is 52.5 Å². The molecule has 0 spiro atoms. The van der Waals surface area contributed by atoms with Crippen molar-refractivity contribution in [3.05, 3.63) is 23.8 Å². The number of anilines is 1. The summed E-state index contributed by atoms with van der Waals surface area (Å²) in [5.74, 6) is 0.851. The molecule has 0 radical (unpaired) electrons. The number of carbonyl (C=O) groups excluding carboxylic acids is 1. The van der Waals surface area contributed by atoms with Crippen LogP contribution in [0.4, 0.5) is 5.69 Å². The highest BCUT2D eigenvalue weighted by atomic mass is 16.5. The summed E-state index contributed by atoms with van der Waals surface area (Å²) >= 11 is 0. The van der Waals surface area contributed by atoms with Gasteiger partial charge in [-0.15, -0.1) is 0 Å². The zero-order valence-corrected chi connectivity index (χ0v) is 12.6. The predicted octanol–water partition coefficient (Wildman–Crippen LogP) is 3.45. The molecular formula is C16H26N2O2. The molecule has 0 saturated carbocycles. The number of unbranched alkanes of at least 4 members (excludes halogenated alkanes) is 3. The van der Waals surface area contributed by atoms with Gasteiger partial charge in [-0.3, -0.25) is 4.79 Å². The molecule has 0 atom stereocenters. The Morgan fingerprint density at radius 3 is 2.70 bits per heavy atom. The van der Waals surface area contributed by atoms with Crippen LogP contribution in [0.15, 0.2) is 18.2 Å². The Labute approximate surface area is 121 Å². The molecule has 0 aliphatic rings. The van der Waals surface area contributed by atoms with Crippen molar-refractivity contribution < 1.29 is 9.53 Å². The van der Waals surface area contributed by atoms with Gasteiger partial charge in [0.05, 0.1) is 6.61 Å². The lowest BCUT2D eigenvalue weighted by atomic mass is 10.1. The minimum absolute atomic E-state index is 0.0632. The SMILES string of the molecule is CCCCCCC(=O)Nc1ccc(OCC)c(CN)c1. The van der Waals surface area contributed by atoms with Crippen molar-refractivity contribution in [2.75, 3.05) is 11.9 Å². The summed E-state index contributed by atoms with van der Waals surface area (Å²) < 4.78 is 5.49. The van der Waals surface area contributed by atoms with E-state index in [1.807, 2.05) is 25.1 Å². The van der Waals surface area contributed by atoms with Gasteiger partial charge in [-0.05, 0) is 31.5 Å². The number of rotatable bonds is 9. The van der Waals surface area contributed by atoms with Crippen LogP contribution in [0.1, 0.15) is 51.5 Å². The summed E-state index contributed by atoms with van der Waals surface area (Å²) in [5.41, 5.74) is 7.40. The van der Waals surface area contributed by atoms with Crippen molar-refractivity contribution in [1.82, 2.24) is 0 Å². The van der Waals surface area contributed by atoms with Gasteiger partial charge >= 0.3 is 0 Å². The summed E-state index contributed by atoms with van der Waals surface area (Å²) in [7, 11) is 0. The van der Waals surface area contributed by atoms with Crippen LogP contribution in [0.25, 0.3) is 0 Å². The second-order valence-electron chi connectivity index (χ2n) is 4.82. The minimum Gasteiger partial charge on any atom is -0.494 e. The van der Waals surface area contributed by atoms with Crippen LogP contribution in [-0.4, -0.2) is 12.5 Å². The second-order valence-corrected chi connectivity index (χ2v) is 4.82. The quantitative estimate of drug-likeness (QED) is 0.680. The first-order valence-corrected chi connectivity index (χ1v) is 7.46. The number of benzene rings is 1. The lowest BCUT2D eigenvalue weighted by Gasteiger charge is -2.11. The maximum atomic E-state index is 11.8. The zero-order valence-electron chi connectivity index (χ0n) is 12.6. The van der Waals surface area contributed by atoms with Crippen molar-refractivity contribution in [2.24, 2.45) is 5.73 Å². The van der Waals surface area contributed by atoms with Crippen molar-refractivity contribution in [3.8, 4) is 5.75 Å². The number of carbonyl (C=O) groups is 1. The highest BCUT2D eigenvalue weighted by Crippen LogP contribution is 2.22. The molecule has 0 saturated heterocycles. The summed E-state index contributed by atoms with van der Waals surface area (Å²) in [6.07, 6.45) is 5.00. The van der Waals surface area contributed by atoms with Gasteiger partial charge in [0.1, 0.15) is 5.75 Å². The highest BCUT2D eigenvalue weighted by Gasteiger charge is 2.06. The van der Waals surface area contributed by atoms with Crippen LogP contribution in [0.5, 0.6) is 5.75 Å². The topological polar surface area (TPSA) is 64.3 Å². The molecule has 1 amide bonds. The maximum absolute atomic E-state index is 11.8. The Hall–Kier alpha value is -1.55. The van der Waals surface area contributed by atoms with E-state index in [9.17, 15) is 4.79 Å². The van der Waals surface area contributed by atoms with E-state index in [-0.39, 0.29) is 5.91 Å². The molecule has 0 heterocycles. The second kappa shape index (κ2) is 9.37. The summed E-state index contributed by atoms with van der Waals surface area (Å²) in [6, 6.07) is 5.60. The minimum atomic E-state index is 0.0632. The molecule has 20 heavy (non-hydrogen) atoms. The average molecular weight is 278 g/mol. The van der Waals surface area contributed by atoms with E-state index in [1.54, 1.807) is 0 Å². The summed E-state index contributed by atoms with van der Waals surface area (Å²) in [6.45, 7) is 5.10. The molecule has 112 valence electrons. The first-order valence-electron chi connectivity index (χ1n) is 7.46. The molecule has 1 aromatic carbocycles. The molecule has 0 fully saturated rings. The number of hydrogen-bond donors (Lipinski definition) is 2. The zero-order chi connectivity index (χ0) is 14.8. The van der Waals surface area contributed by atoms with Gasteiger partial charge in [-0.1, -0.05) is 26.2 Å². The third-order valence-corrected chi connectivity index (χ3v) is 3.12. The molecule has 0 aliphatic heterocycles. The van der Waals surface area contributed by atoms with Crippen LogP contribution in [0.2, 0.25) is 0 Å². The van der Waals surface area contributed by atoms with Crippen LogP contribution in [0.3, 0.4) is 0 Å². The van der Waals surface area contributed by atoms with Gasteiger partial charge in [0.15, 0.2) is 0 Å². The van der Waals surface area contributed by atoms with Crippen molar-refractivity contribution >= 4 is 11.6 Å². The first-order chi connectivity index (χ1) is 9.71. The molecule has 3 N–H and O–H groups in total. The van der Waals surface area contributed by atoms with E-state index in [4.69, 9.17) is 10.5 Å². The van der Waals surface area contributed by atoms with Crippen molar-refractivity contribution in [3.63, 3.8) is 0 Å². The fraction of sp³-hybridized carbons (Fsp3) is 0.562. The van der Waals surface area contributed by atoms with Crippen LogP contribution in [0, 0.1) is 0 Å². The Morgan fingerprint density at radius 1 is 1.25 bits per heavy atom. The fourth-order valence-corrected chi connectivity index (χ4v) is 2.05. The Balaban J connectivity index is 2.52. The van der Waals surface area contributed by atoms with Gasteiger partial charge in [-0.25, -0.2) is 0 Å². The van der Waals surface area contributed by atoms with E-state index >= 15 is 0 Å². The van der Waals surface area contributed by atoms with E-state index < -0.39 is 0 Å². The number of nitrogens with two attached hydrogens (primary N) is 1. The van der Waals surface area contributed by atoms with Crippen LogP contribution < -0.4 is 15.8 Å². The van der Waals surface area contributed by atoms with Gasteiger partial charge in [0, 0.05) is 24.2 Å². The molecule has 4 nitrogen and oxygen atoms in total. The molecule has 4 heteroatoms. The molecule has 0 bridgehead atoms. The van der Waals surface area contributed by atoms with Crippen molar-refractivity contribution in [1.29, 1.82) is 0 Å². The summed E-state index contributed by atoms with van der Waals surface area (Å²) in [4.78, 5) is 11.8. The van der Waals surface area contributed by atoms with E-state index in [0.29, 0.717) is 19.6 Å². The standard InChI is InChI=1S/C16H26N2O2/c1-3-5-6-7-8-16(19)18-14-9-10-15(20-4-2)13(11-14)12-17/h9-11H,3-8,12,17H2,1-2H3,(H,18,19). The predicted molar refractivity (Wildman–Crippen MR) is 82.9 cm³/mol. The molecule has 0 aromatic heterocycles. The Bertz CT molecular complexity index is 419. The lowest BCUT2D eigenvalue weighted by Crippen LogP contribution is -2.12. The van der Waals surface area contributed by atoms with Gasteiger partial charge < -0.3 is 15.8 Å². The van der Waals surface area contributed by atoms with Gasteiger partial charge in [-0.2, -0.15) is 0 Å². The molecule has 0 aliphatic carbocycles. The summed E-state index contributed by atoms with van der Waals surface area (Å²) in [5, 5.41) is 2.91. The molecule has 0 unspecified atom stereocenters. The highest BCUT2D eigenvalue weighted by molar-refractivity contribution is 5.90. The maximum Gasteiger partial charge on any atom is 0.224 e. The molecule has 1 aromatic rings. The van der Waals surface area contributed by atoms with Crippen LogP contribution >= 0.6 is 0 Å². The number of nitrogens with one attached hydrogen (secondary N) is 1. The molecular weight excluding hydrogens is 252 g/mol. The largest absolute Gasteiger partial charge is 0.494 e. The van der Waals surface area contributed by atoms with E-state index in [2.05, 4.69) is 12.2 Å². The van der Waals surface area contributed by atoms with E-state index in [1.165, 1.54) is 12.8 Å². The monoisotopic (exact) mass is 278 g/mol. The molecule has 1 rings (SSSR count). The first kappa shape index (κ1) is 16.5.